The van der Waals surface area contributed by atoms with Crippen LogP contribution >= 0.6 is 23.2 Å². The first-order chi connectivity index (χ1) is 12.4. The minimum Gasteiger partial charge on any atom is -0.369 e. The molecule has 0 unspecified atom stereocenters. The van der Waals surface area contributed by atoms with Gasteiger partial charge in [-0.05, 0) is 31.5 Å². The zero-order valence-corrected chi connectivity index (χ0v) is 16.1. The van der Waals surface area contributed by atoms with E-state index >= 15 is 0 Å². The zero-order valence-electron chi connectivity index (χ0n) is 14.5. The first kappa shape index (κ1) is 19.8. The van der Waals surface area contributed by atoms with Gasteiger partial charge in [0.25, 0.3) is 5.91 Å². The third-order valence-corrected chi connectivity index (χ3v) is 4.55. The van der Waals surface area contributed by atoms with E-state index in [1.165, 1.54) is 0 Å². The number of carbonyl (C=O) groups excluding carboxylic acids is 1. The number of amides is 1. The van der Waals surface area contributed by atoms with Gasteiger partial charge in [-0.3, -0.25) is 4.79 Å². The van der Waals surface area contributed by atoms with Gasteiger partial charge in [0.05, 0.1) is 15.7 Å². The normalized spacial score (nSPS) is 11.2. The summed E-state index contributed by atoms with van der Waals surface area (Å²) in [7, 11) is 0. The fourth-order valence-corrected chi connectivity index (χ4v) is 2.61. The van der Waals surface area contributed by atoms with Crippen LogP contribution in [0.15, 0.2) is 60.3 Å². The Kier molecular flexibility index (Phi) is 7.08. The number of benzene rings is 2. The van der Waals surface area contributed by atoms with E-state index in [9.17, 15) is 10.1 Å². The van der Waals surface area contributed by atoms with Gasteiger partial charge in [0, 0.05) is 18.8 Å². The predicted octanol–water partition coefficient (Wildman–Crippen LogP) is 5.25. The standard InChI is InChI=1S/C20H19Cl2N3O/c1-14(2)25(12-15-7-4-3-5-8-15)13-16(11-23)20(26)24-18-10-6-9-17(21)19(18)22/h3-10,13-14H,12H2,1-2H3,(H,24,26)/b16-13-. The van der Waals surface area contributed by atoms with Gasteiger partial charge in [0.1, 0.15) is 11.6 Å². The van der Waals surface area contributed by atoms with E-state index < -0.39 is 5.91 Å². The van der Waals surface area contributed by atoms with Gasteiger partial charge in [-0.2, -0.15) is 5.26 Å². The van der Waals surface area contributed by atoms with Crippen molar-refractivity contribution >= 4 is 34.8 Å². The molecule has 0 aliphatic rings. The molecule has 0 aliphatic heterocycles. The topological polar surface area (TPSA) is 56.1 Å². The SMILES string of the molecule is CC(C)N(/C=C(/C#N)C(=O)Nc1cccc(Cl)c1Cl)Cc1ccccc1. The summed E-state index contributed by atoms with van der Waals surface area (Å²) in [6.45, 7) is 4.59. The second-order valence-corrected chi connectivity index (χ2v) is 6.75. The molecule has 4 nitrogen and oxygen atoms in total. The van der Waals surface area contributed by atoms with Gasteiger partial charge >= 0.3 is 0 Å². The molecule has 0 fully saturated rings. The van der Waals surface area contributed by atoms with Crippen molar-refractivity contribution in [1.82, 2.24) is 4.90 Å². The lowest BCUT2D eigenvalue weighted by Crippen LogP contribution is -2.27. The third-order valence-electron chi connectivity index (χ3n) is 3.73. The zero-order chi connectivity index (χ0) is 19.1. The van der Waals surface area contributed by atoms with Gasteiger partial charge in [-0.25, -0.2) is 0 Å². The Balaban J connectivity index is 2.21. The highest BCUT2D eigenvalue weighted by Crippen LogP contribution is 2.29. The summed E-state index contributed by atoms with van der Waals surface area (Å²) in [4.78, 5) is 14.4. The molecule has 0 aliphatic carbocycles. The van der Waals surface area contributed by atoms with Crippen molar-refractivity contribution in [2.45, 2.75) is 26.4 Å². The first-order valence-electron chi connectivity index (χ1n) is 8.09. The monoisotopic (exact) mass is 387 g/mol. The number of anilines is 1. The van der Waals surface area contributed by atoms with Crippen molar-refractivity contribution in [3.05, 3.63) is 75.9 Å². The van der Waals surface area contributed by atoms with E-state index in [4.69, 9.17) is 23.2 Å². The Labute approximate surface area is 163 Å². The fourth-order valence-electron chi connectivity index (χ4n) is 2.27. The first-order valence-corrected chi connectivity index (χ1v) is 8.85. The third kappa shape index (κ3) is 5.26. The largest absolute Gasteiger partial charge is 0.369 e. The number of nitrogens with one attached hydrogen (secondary N) is 1. The van der Waals surface area contributed by atoms with Crippen LogP contribution in [0.25, 0.3) is 0 Å². The Morgan fingerprint density at radius 1 is 1.19 bits per heavy atom. The predicted molar refractivity (Wildman–Crippen MR) is 106 cm³/mol. The smallest absolute Gasteiger partial charge is 0.267 e. The maximum Gasteiger partial charge on any atom is 0.267 e. The van der Waals surface area contributed by atoms with Gasteiger partial charge in [-0.15, -0.1) is 0 Å². The molecule has 0 atom stereocenters. The Bertz CT molecular complexity index is 842. The van der Waals surface area contributed by atoms with E-state index in [2.05, 4.69) is 5.32 Å². The summed E-state index contributed by atoms with van der Waals surface area (Å²) in [6, 6.07) is 16.9. The minimum absolute atomic E-state index is 0.00864. The molecule has 0 heterocycles. The van der Waals surface area contributed by atoms with Crippen LogP contribution < -0.4 is 5.32 Å². The van der Waals surface area contributed by atoms with Gasteiger partial charge < -0.3 is 10.2 Å². The Hall–Kier alpha value is -2.48. The van der Waals surface area contributed by atoms with Crippen LogP contribution in [0.5, 0.6) is 0 Å². The molecule has 1 amide bonds. The molecule has 0 bridgehead atoms. The molecule has 0 saturated heterocycles. The molecule has 2 aromatic carbocycles. The van der Waals surface area contributed by atoms with Crippen LogP contribution in [0.1, 0.15) is 19.4 Å². The van der Waals surface area contributed by atoms with Gasteiger partial charge in [0.2, 0.25) is 0 Å². The minimum atomic E-state index is -0.532. The number of nitriles is 1. The van der Waals surface area contributed by atoms with E-state index in [1.54, 1.807) is 24.4 Å². The Morgan fingerprint density at radius 3 is 2.50 bits per heavy atom. The molecule has 0 saturated carbocycles. The van der Waals surface area contributed by atoms with Crippen LogP contribution in [-0.4, -0.2) is 16.8 Å². The highest BCUT2D eigenvalue weighted by atomic mass is 35.5. The molecule has 0 aromatic heterocycles. The van der Waals surface area contributed by atoms with Crippen molar-refractivity contribution in [2.75, 3.05) is 5.32 Å². The number of rotatable bonds is 6. The number of carbonyl (C=O) groups is 1. The molecule has 134 valence electrons. The van der Waals surface area contributed by atoms with E-state index in [1.807, 2.05) is 55.1 Å². The second-order valence-electron chi connectivity index (χ2n) is 5.96. The number of nitrogens with zero attached hydrogens (tertiary/aromatic N) is 2. The number of halogens is 2. The number of hydrogen-bond donors (Lipinski definition) is 1. The molecule has 2 aromatic rings. The second kappa shape index (κ2) is 9.28. The highest BCUT2D eigenvalue weighted by molar-refractivity contribution is 6.44. The molecular formula is C20H19Cl2N3O. The van der Waals surface area contributed by atoms with Crippen molar-refractivity contribution in [3.8, 4) is 6.07 Å². The van der Waals surface area contributed by atoms with E-state index in [-0.39, 0.29) is 16.6 Å². The van der Waals surface area contributed by atoms with E-state index in [0.717, 1.165) is 5.56 Å². The summed E-state index contributed by atoms with van der Waals surface area (Å²) >= 11 is 12.0. The maximum absolute atomic E-state index is 12.5. The van der Waals surface area contributed by atoms with E-state index in [0.29, 0.717) is 17.3 Å². The van der Waals surface area contributed by atoms with Crippen LogP contribution in [0.2, 0.25) is 10.0 Å². The molecule has 6 heteroatoms. The van der Waals surface area contributed by atoms with Crippen molar-refractivity contribution < 1.29 is 4.79 Å². The lowest BCUT2D eigenvalue weighted by atomic mass is 10.2. The maximum atomic E-state index is 12.5. The molecule has 0 radical (unpaired) electrons. The van der Waals surface area contributed by atoms with Crippen molar-refractivity contribution in [3.63, 3.8) is 0 Å². The van der Waals surface area contributed by atoms with Crippen LogP contribution in [0.3, 0.4) is 0 Å². The van der Waals surface area contributed by atoms with Crippen LogP contribution in [0, 0.1) is 11.3 Å². The molecule has 0 spiro atoms. The summed E-state index contributed by atoms with van der Waals surface area (Å²) in [5, 5.41) is 12.6. The van der Waals surface area contributed by atoms with Crippen LogP contribution in [-0.2, 0) is 11.3 Å². The van der Waals surface area contributed by atoms with Crippen molar-refractivity contribution in [2.24, 2.45) is 0 Å². The number of hydrogen-bond acceptors (Lipinski definition) is 3. The quantitative estimate of drug-likeness (QED) is 0.543. The summed E-state index contributed by atoms with van der Waals surface area (Å²) in [5.41, 5.74) is 1.45. The lowest BCUT2D eigenvalue weighted by molar-refractivity contribution is -0.112. The summed E-state index contributed by atoms with van der Waals surface area (Å²) in [6.07, 6.45) is 1.57. The Morgan fingerprint density at radius 2 is 1.88 bits per heavy atom. The molecule has 26 heavy (non-hydrogen) atoms. The fraction of sp³-hybridized carbons (Fsp3) is 0.200. The molecule has 1 N–H and O–H groups in total. The molecule has 2 rings (SSSR count). The van der Waals surface area contributed by atoms with Crippen LogP contribution in [0.4, 0.5) is 5.69 Å². The lowest BCUT2D eigenvalue weighted by Gasteiger charge is -2.25. The average Bonchev–Trinajstić information content (AvgIpc) is 2.63. The molecular weight excluding hydrogens is 369 g/mol. The summed E-state index contributed by atoms with van der Waals surface area (Å²) < 4.78 is 0. The highest BCUT2D eigenvalue weighted by Gasteiger charge is 2.15. The average molecular weight is 388 g/mol. The van der Waals surface area contributed by atoms with Gasteiger partial charge in [-0.1, -0.05) is 59.6 Å². The summed E-state index contributed by atoms with van der Waals surface area (Å²) in [5.74, 6) is -0.532. The van der Waals surface area contributed by atoms with Gasteiger partial charge in [0.15, 0.2) is 0 Å². The van der Waals surface area contributed by atoms with Crippen molar-refractivity contribution in [1.29, 1.82) is 5.26 Å².